The van der Waals surface area contributed by atoms with Crippen molar-refractivity contribution in [2.24, 2.45) is 5.92 Å². The lowest BCUT2D eigenvalue weighted by Crippen LogP contribution is -2.18. The van der Waals surface area contributed by atoms with Gasteiger partial charge in [-0.05, 0) is 25.2 Å². The predicted octanol–water partition coefficient (Wildman–Crippen LogP) is 2.81. The quantitative estimate of drug-likeness (QED) is 0.302. The van der Waals surface area contributed by atoms with Gasteiger partial charge in [-0.1, -0.05) is 20.8 Å². The highest BCUT2D eigenvalue weighted by Crippen LogP contribution is 2.01. The van der Waals surface area contributed by atoms with E-state index in [1.54, 1.807) is 7.11 Å². The first-order valence-corrected chi connectivity index (χ1v) is 6.55. The third-order valence-corrected chi connectivity index (χ3v) is 2.23. The molecule has 0 aliphatic rings. The lowest BCUT2D eigenvalue weighted by molar-refractivity contribution is -0.330. The van der Waals surface area contributed by atoms with Crippen molar-refractivity contribution in [3.8, 4) is 0 Å². The predicted molar refractivity (Wildman–Crippen MR) is 67.9 cm³/mol. The molecular weight excluding hydrogens is 220 g/mol. The second-order valence-corrected chi connectivity index (χ2v) is 4.58. The van der Waals surface area contributed by atoms with E-state index in [1.807, 2.05) is 6.92 Å². The summed E-state index contributed by atoms with van der Waals surface area (Å²) < 4.78 is 10.5. The average molecular weight is 248 g/mol. The van der Waals surface area contributed by atoms with Gasteiger partial charge in [-0.3, -0.25) is 0 Å². The van der Waals surface area contributed by atoms with Gasteiger partial charge in [0.05, 0.1) is 13.2 Å². The van der Waals surface area contributed by atoms with Crippen LogP contribution in [0.15, 0.2) is 0 Å². The molecule has 0 fully saturated rings. The summed E-state index contributed by atoms with van der Waals surface area (Å²) in [6.45, 7) is 9.18. The molecule has 104 valence electrons. The molecule has 17 heavy (non-hydrogen) atoms. The highest BCUT2D eigenvalue weighted by molar-refractivity contribution is 4.49. The first-order valence-electron chi connectivity index (χ1n) is 6.55. The SMILES string of the molecule is CCC(COC)OOCCCCOCC(C)C. The van der Waals surface area contributed by atoms with E-state index in [0.717, 1.165) is 32.5 Å². The Bertz CT molecular complexity index is 150. The molecule has 0 aromatic rings. The fourth-order valence-electron chi connectivity index (χ4n) is 1.23. The fraction of sp³-hybridized carbons (Fsp3) is 1.00. The highest BCUT2D eigenvalue weighted by Gasteiger charge is 2.06. The molecule has 0 spiro atoms. The Hall–Kier alpha value is -0.160. The van der Waals surface area contributed by atoms with Crippen molar-refractivity contribution in [2.75, 3.05) is 33.5 Å². The summed E-state index contributed by atoms with van der Waals surface area (Å²) >= 11 is 0. The molecule has 0 aliphatic heterocycles. The molecule has 0 saturated carbocycles. The van der Waals surface area contributed by atoms with Gasteiger partial charge in [0.1, 0.15) is 6.10 Å². The van der Waals surface area contributed by atoms with Gasteiger partial charge in [0.2, 0.25) is 0 Å². The van der Waals surface area contributed by atoms with Gasteiger partial charge in [0, 0.05) is 20.3 Å². The maximum atomic E-state index is 5.47. The first-order chi connectivity index (χ1) is 8.20. The van der Waals surface area contributed by atoms with E-state index in [4.69, 9.17) is 19.2 Å². The third-order valence-electron chi connectivity index (χ3n) is 2.23. The molecule has 4 nitrogen and oxygen atoms in total. The molecule has 0 heterocycles. The van der Waals surface area contributed by atoms with Crippen LogP contribution in [0.4, 0.5) is 0 Å². The number of hydrogen-bond donors (Lipinski definition) is 0. The molecule has 1 atom stereocenters. The van der Waals surface area contributed by atoms with E-state index in [0.29, 0.717) is 19.1 Å². The van der Waals surface area contributed by atoms with Crippen LogP contribution in [0.5, 0.6) is 0 Å². The summed E-state index contributed by atoms with van der Waals surface area (Å²) in [5.41, 5.74) is 0. The van der Waals surface area contributed by atoms with Gasteiger partial charge in [0.25, 0.3) is 0 Å². The summed E-state index contributed by atoms with van der Waals surface area (Å²) in [7, 11) is 1.66. The topological polar surface area (TPSA) is 36.9 Å². The molecule has 0 aliphatic carbocycles. The molecule has 0 saturated heterocycles. The van der Waals surface area contributed by atoms with Crippen LogP contribution in [-0.2, 0) is 19.2 Å². The van der Waals surface area contributed by atoms with Crippen LogP contribution in [-0.4, -0.2) is 39.6 Å². The number of hydrogen-bond acceptors (Lipinski definition) is 4. The number of unbranched alkanes of at least 4 members (excludes halogenated alkanes) is 1. The van der Waals surface area contributed by atoms with Gasteiger partial charge >= 0.3 is 0 Å². The van der Waals surface area contributed by atoms with Crippen LogP contribution in [0.2, 0.25) is 0 Å². The summed E-state index contributed by atoms with van der Waals surface area (Å²) in [6.07, 6.45) is 2.90. The Kier molecular flexibility index (Phi) is 12.2. The van der Waals surface area contributed by atoms with E-state index >= 15 is 0 Å². The van der Waals surface area contributed by atoms with Crippen LogP contribution in [0.1, 0.15) is 40.0 Å². The highest BCUT2D eigenvalue weighted by atomic mass is 17.2. The zero-order chi connectivity index (χ0) is 12.9. The molecular formula is C13H28O4. The van der Waals surface area contributed by atoms with Crippen LogP contribution in [0.25, 0.3) is 0 Å². The second-order valence-electron chi connectivity index (χ2n) is 4.58. The van der Waals surface area contributed by atoms with Gasteiger partial charge in [-0.15, -0.1) is 0 Å². The van der Waals surface area contributed by atoms with Crippen molar-refractivity contribution in [3.63, 3.8) is 0 Å². The molecule has 4 heteroatoms. The number of methoxy groups -OCH3 is 1. The van der Waals surface area contributed by atoms with E-state index < -0.39 is 0 Å². The molecule has 0 bridgehead atoms. The van der Waals surface area contributed by atoms with Crippen molar-refractivity contribution >= 4 is 0 Å². The van der Waals surface area contributed by atoms with Crippen LogP contribution in [0, 0.1) is 5.92 Å². The summed E-state index contributed by atoms with van der Waals surface area (Å²) in [5, 5.41) is 0. The molecule has 0 amide bonds. The molecule has 0 N–H and O–H groups in total. The largest absolute Gasteiger partial charge is 0.382 e. The van der Waals surface area contributed by atoms with Gasteiger partial charge in [0.15, 0.2) is 0 Å². The zero-order valence-electron chi connectivity index (χ0n) is 11.7. The molecule has 0 rings (SSSR count). The van der Waals surface area contributed by atoms with Crippen molar-refractivity contribution in [1.29, 1.82) is 0 Å². The smallest absolute Gasteiger partial charge is 0.116 e. The lowest BCUT2D eigenvalue weighted by atomic mass is 10.2. The van der Waals surface area contributed by atoms with Crippen molar-refractivity contribution in [3.05, 3.63) is 0 Å². The van der Waals surface area contributed by atoms with Crippen LogP contribution in [0.3, 0.4) is 0 Å². The normalized spacial score (nSPS) is 13.2. The number of rotatable bonds is 12. The second kappa shape index (κ2) is 12.3. The minimum Gasteiger partial charge on any atom is -0.382 e. The first kappa shape index (κ1) is 16.8. The molecule has 0 aromatic heterocycles. The van der Waals surface area contributed by atoms with Crippen molar-refractivity contribution in [2.45, 2.75) is 46.1 Å². The maximum Gasteiger partial charge on any atom is 0.116 e. The molecule has 1 unspecified atom stereocenters. The third kappa shape index (κ3) is 12.1. The van der Waals surface area contributed by atoms with Gasteiger partial charge < -0.3 is 9.47 Å². The Balaban J connectivity index is 3.17. The Labute approximate surface area is 106 Å². The summed E-state index contributed by atoms with van der Waals surface area (Å²) in [5.74, 6) is 0.605. The van der Waals surface area contributed by atoms with E-state index in [2.05, 4.69) is 13.8 Å². The molecule has 0 aromatic carbocycles. The lowest BCUT2D eigenvalue weighted by Gasteiger charge is -2.13. The monoisotopic (exact) mass is 248 g/mol. The van der Waals surface area contributed by atoms with E-state index in [9.17, 15) is 0 Å². The Morgan fingerprint density at radius 2 is 1.71 bits per heavy atom. The van der Waals surface area contributed by atoms with Gasteiger partial charge in [-0.2, -0.15) is 0 Å². The van der Waals surface area contributed by atoms with Crippen LogP contribution >= 0.6 is 0 Å². The Morgan fingerprint density at radius 1 is 1.00 bits per heavy atom. The van der Waals surface area contributed by atoms with E-state index in [-0.39, 0.29) is 6.10 Å². The fourth-order valence-corrected chi connectivity index (χ4v) is 1.23. The zero-order valence-corrected chi connectivity index (χ0v) is 11.7. The summed E-state index contributed by atoms with van der Waals surface area (Å²) in [6, 6.07) is 0. The average Bonchev–Trinajstić information content (AvgIpc) is 2.30. The Morgan fingerprint density at radius 3 is 2.29 bits per heavy atom. The summed E-state index contributed by atoms with van der Waals surface area (Å²) in [4.78, 5) is 10.3. The van der Waals surface area contributed by atoms with Gasteiger partial charge in [-0.25, -0.2) is 9.78 Å². The minimum atomic E-state index is 0.0391. The van der Waals surface area contributed by atoms with E-state index in [1.165, 1.54) is 0 Å². The number of ether oxygens (including phenoxy) is 2. The van der Waals surface area contributed by atoms with Crippen LogP contribution < -0.4 is 0 Å². The minimum absolute atomic E-state index is 0.0391. The van der Waals surface area contributed by atoms with Crippen molar-refractivity contribution < 1.29 is 19.2 Å². The van der Waals surface area contributed by atoms with Crippen molar-refractivity contribution in [1.82, 2.24) is 0 Å². The molecule has 0 radical (unpaired) electrons. The maximum absolute atomic E-state index is 5.47. The standard InChI is InChI=1S/C13H28O4/c1-5-13(11-14-4)17-16-9-7-6-8-15-10-12(2)3/h12-13H,5-11H2,1-4H3.